The zero-order valence-corrected chi connectivity index (χ0v) is 5.95. The molecule has 0 aliphatic heterocycles. The number of hydrogen-bond donors (Lipinski definition) is 0. The van der Waals surface area contributed by atoms with Crippen LogP contribution in [-0.2, 0) is 0 Å². The summed E-state index contributed by atoms with van der Waals surface area (Å²) >= 11 is 0. The number of halogens is 1. The molecule has 3 nitrogen and oxygen atoms in total. The van der Waals surface area contributed by atoms with E-state index in [1.807, 2.05) is 0 Å². The molecular formula is C8H4FNO2. The first-order valence-electron chi connectivity index (χ1n) is 3.31. The molecule has 2 heterocycles. The minimum atomic E-state index is -0.916. The molecule has 0 radical (unpaired) electrons. The predicted molar refractivity (Wildman–Crippen MR) is 40.2 cm³/mol. The lowest BCUT2D eigenvalue weighted by Crippen LogP contribution is -2.06. The Morgan fingerprint density at radius 2 is 2.33 bits per heavy atom. The highest BCUT2D eigenvalue weighted by Crippen LogP contribution is 2.06. The molecule has 4 heteroatoms. The molecule has 0 bridgehead atoms. The quantitative estimate of drug-likeness (QED) is 0.591. The summed E-state index contributed by atoms with van der Waals surface area (Å²) in [5.41, 5.74) is -0.404. The molecule has 0 saturated heterocycles. The molecular weight excluding hydrogens is 161 g/mol. The highest BCUT2D eigenvalue weighted by molar-refractivity contribution is 5.70. The fourth-order valence-electron chi connectivity index (χ4n) is 0.938. The van der Waals surface area contributed by atoms with Gasteiger partial charge in [-0.3, -0.25) is 4.79 Å². The van der Waals surface area contributed by atoms with Gasteiger partial charge in [0.2, 0.25) is 11.2 Å². The van der Waals surface area contributed by atoms with Crippen LogP contribution in [-0.4, -0.2) is 4.98 Å². The molecule has 60 valence electrons. The minimum Gasteiger partial charge on any atom is -0.459 e. The average Bonchev–Trinajstić information content (AvgIpc) is 2.12. The summed E-state index contributed by atoms with van der Waals surface area (Å²) in [6.07, 6.45) is 2.20. The second kappa shape index (κ2) is 2.41. The summed E-state index contributed by atoms with van der Waals surface area (Å²) < 4.78 is 17.4. The molecule has 0 fully saturated rings. The van der Waals surface area contributed by atoms with E-state index < -0.39 is 11.2 Å². The van der Waals surface area contributed by atoms with Crippen molar-refractivity contribution in [3.8, 4) is 0 Å². The molecule has 0 unspecified atom stereocenters. The Bertz CT molecular complexity index is 478. The first-order chi connectivity index (χ1) is 5.79. The van der Waals surface area contributed by atoms with E-state index in [1.54, 1.807) is 12.1 Å². The normalized spacial score (nSPS) is 10.4. The van der Waals surface area contributed by atoms with Crippen LogP contribution in [0.25, 0.3) is 11.1 Å². The number of pyridine rings is 1. The molecule has 12 heavy (non-hydrogen) atoms. The van der Waals surface area contributed by atoms with Gasteiger partial charge in [-0.2, -0.15) is 4.39 Å². The number of hydrogen-bond acceptors (Lipinski definition) is 3. The van der Waals surface area contributed by atoms with Crippen molar-refractivity contribution < 1.29 is 8.81 Å². The smallest absolute Gasteiger partial charge is 0.246 e. The molecule has 2 aromatic heterocycles. The van der Waals surface area contributed by atoms with E-state index in [4.69, 9.17) is 4.42 Å². The summed E-state index contributed by atoms with van der Waals surface area (Å²) in [7, 11) is 0. The Balaban J connectivity index is 3.01. The van der Waals surface area contributed by atoms with Crippen LogP contribution in [0.1, 0.15) is 0 Å². The first-order valence-corrected chi connectivity index (χ1v) is 3.31. The van der Waals surface area contributed by atoms with Gasteiger partial charge in [0.05, 0.1) is 0 Å². The summed E-state index contributed by atoms with van der Waals surface area (Å²) in [6.45, 7) is 0. The van der Waals surface area contributed by atoms with Crippen molar-refractivity contribution in [2.45, 2.75) is 0 Å². The molecule has 2 rings (SSSR count). The van der Waals surface area contributed by atoms with E-state index in [0.29, 0.717) is 5.58 Å². The van der Waals surface area contributed by atoms with E-state index >= 15 is 0 Å². The van der Waals surface area contributed by atoms with Crippen LogP contribution >= 0.6 is 0 Å². The van der Waals surface area contributed by atoms with Crippen molar-refractivity contribution in [1.29, 1.82) is 0 Å². The largest absolute Gasteiger partial charge is 0.459 e. The van der Waals surface area contributed by atoms with E-state index in [2.05, 4.69) is 4.98 Å². The van der Waals surface area contributed by atoms with Gasteiger partial charge in [-0.05, 0) is 12.1 Å². The monoisotopic (exact) mass is 165 g/mol. The Hall–Kier alpha value is -1.71. The third-order valence-electron chi connectivity index (χ3n) is 1.49. The molecule has 0 amide bonds. The van der Waals surface area contributed by atoms with Crippen LogP contribution in [0, 0.1) is 5.82 Å². The van der Waals surface area contributed by atoms with Crippen molar-refractivity contribution in [1.82, 2.24) is 4.98 Å². The molecule has 0 aliphatic carbocycles. The third kappa shape index (κ3) is 0.887. The molecule has 0 saturated carbocycles. The lowest BCUT2D eigenvalue weighted by molar-refractivity contribution is 0.519. The highest BCUT2D eigenvalue weighted by Gasteiger charge is 2.05. The topological polar surface area (TPSA) is 43.1 Å². The summed E-state index contributed by atoms with van der Waals surface area (Å²) in [4.78, 5) is 14.7. The average molecular weight is 165 g/mol. The highest BCUT2D eigenvalue weighted by atomic mass is 19.1. The Kier molecular flexibility index (Phi) is 1.40. The van der Waals surface area contributed by atoms with Gasteiger partial charge >= 0.3 is 0 Å². The SMILES string of the molecule is O=c1c(F)coc2cccnc12. The van der Waals surface area contributed by atoms with E-state index in [1.165, 1.54) is 6.20 Å². The fraction of sp³-hybridized carbons (Fsp3) is 0. The second-order valence-electron chi connectivity index (χ2n) is 2.26. The van der Waals surface area contributed by atoms with Crippen LogP contribution in [0.5, 0.6) is 0 Å². The minimum absolute atomic E-state index is 0.0255. The summed E-state index contributed by atoms with van der Waals surface area (Å²) in [5, 5.41) is 0. The van der Waals surface area contributed by atoms with E-state index in [-0.39, 0.29) is 5.52 Å². The van der Waals surface area contributed by atoms with Crippen LogP contribution in [0.3, 0.4) is 0 Å². The maximum atomic E-state index is 12.6. The lowest BCUT2D eigenvalue weighted by Gasteiger charge is -1.92. The zero-order chi connectivity index (χ0) is 8.55. The Morgan fingerprint density at radius 3 is 3.17 bits per heavy atom. The van der Waals surface area contributed by atoms with Crippen molar-refractivity contribution in [3.63, 3.8) is 0 Å². The van der Waals surface area contributed by atoms with Crippen molar-refractivity contribution in [3.05, 3.63) is 40.6 Å². The molecule has 0 spiro atoms. The van der Waals surface area contributed by atoms with Crippen molar-refractivity contribution in [2.75, 3.05) is 0 Å². The predicted octanol–water partition coefficient (Wildman–Crippen LogP) is 1.33. The van der Waals surface area contributed by atoms with Gasteiger partial charge in [-0.15, -0.1) is 0 Å². The molecule has 2 aromatic rings. The number of nitrogens with zero attached hydrogens (tertiary/aromatic N) is 1. The Labute approximate surface area is 66.5 Å². The van der Waals surface area contributed by atoms with Gasteiger partial charge < -0.3 is 4.42 Å². The van der Waals surface area contributed by atoms with Gasteiger partial charge in [-0.25, -0.2) is 4.98 Å². The molecule has 0 aliphatic rings. The third-order valence-corrected chi connectivity index (χ3v) is 1.49. The Morgan fingerprint density at radius 1 is 1.50 bits per heavy atom. The summed E-state index contributed by atoms with van der Waals surface area (Å²) in [6, 6.07) is 3.17. The van der Waals surface area contributed by atoms with E-state index in [0.717, 1.165) is 6.26 Å². The van der Waals surface area contributed by atoms with Gasteiger partial charge in [0, 0.05) is 6.20 Å². The van der Waals surface area contributed by atoms with E-state index in [9.17, 15) is 9.18 Å². The number of aromatic nitrogens is 1. The van der Waals surface area contributed by atoms with Crippen LogP contribution in [0.2, 0.25) is 0 Å². The maximum Gasteiger partial charge on any atom is 0.246 e. The number of rotatable bonds is 0. The fourth-order valence-corrected chi connectivity index (χ4v) is 0.938. The molecule has 0 atom stereocenters. The second-order valence-corrected chi connectivity index (χ2v) is 2.26. The molecule has 0 N–H and O–H groups in total. The van der Waals surface area contributed by atoms with Gasteiger partial charge in [0.15, 0.2) is 11.1 Å². The zero-order valence-electron chi connectivity index (χ0n) is 5.95. The van der Waals surface area contributed by atoms with Crippen molar-refractivity contribution in [2.24, 2.45) is 0 Å². The lowest BCUT2D eigenvalue weighted by atomic mass is 10.3. The van der Waals surface area contributed by atoms with Gasteiger partial charge in [0.1, 0.15) is 6.26 Å². The molecule has 0 aromatic carbocycles. The first kappa shape index (κ1) is 6.97. The van der Waals surface area contributed by atoms with Crippen LogP contribution < -0.4 is 5.43 Å². The van der Waals surface area contributed by atoms with Crippen LogP contribution in [0.4, 0.5) is 4.39 Å². The standard InChI is InChI=1S/C8H4FNO2/c9-5-4-12-6-2-1-3-10-7(6)8(5)11/h1-4H. The van der Waals surface area contributed by atoms with Gasteiger partial charge in [0.25, 0.3) is 0 Å². The van der Waals surface area contributed by atoms with Crippen molar-refractivity contribution >= 4 is 11.1 Å². The van der Waals surface area contributed by atoms with Crippen LogP contribution in [0.15, 0.2) is 33.8 Å². The number of fused-ring (bicyclic) bond motifs is 1. The van der Waals surface area contributed by atoms with Gasteiger partial charge in [-0.1, -0.05) is 0 Å². The maximum absolute atomic E-state index is 12.6. The summed E-state index contributed by atoms with van der Waals surface area (Å²) in [5.74, 6) is -0.916.